The van der Waals surface area contributed by atoms with E-state index in [0.29, 0.717) is 24.7 Å². The van der Waals surface area contributed by atoms with Gasteiger partial charge in [-0.3, -0.25) is 0 Å². The summed E-state index contributed by atoms with van der Waals surface area (Å²) in [7, 11) is 0. The van der Waals surface area contributed by atoms with Crippen LogP contribution in [-0.2, 0) is 6.42 Å². The van der Waals surface area contributed by atoms with Crippen LogP contribution in [0.2, 0.25) is 0 Å². The monoisotopic (exact) mass is 235 g/mol. The number of nitrogens with one attached hydrogen (secondary N) is 1. The van der Waals surface area contributed by atoms with Crippen LogP contribution in [0.3, 0.4) is 0 Å². The number of halogens is 2. The molecule has 1 saturated heterocycles. The Labute approximate surface area is 94.0 Å². The SMILES string of the molecule is CCCc1noc([C@H]2C[C@H](F)CN2)n1.Cl. The zero-order chi connectivity index (χ0) is 9.97. The van der Waals surface area contributed by atoms with Crippen molar-refractivity contribution in [3.63, 3.8) is 0 Å². The molecule has 1 fully saturated rings. The third-order valence-electron chi connectivity index (χ3n) is 2.33. The van der Waals surface area contributed by atoms with Crippen LogP contribution in [0.1, 0.15) is 37.5 Å². The van der Waals surface area contributed by atoms with E-state index in [4.69, 9.17) is 4.52 Å². The maximum absolute atomic E-state index is 12.9. The van der Waals surface area contributed by atoms with E-state index < -0.39 is 6.17 Å². The second-order valence-corrected chi connectivity index (χ2v) is 3.59. The summed E-state index contributed by atoms with van der Waals surface area (Å²) in [6, 6.07) is -0.0943. The number of hydrogen-bond donors (Lipinski definition) is 1. The Morgan fingerprint density at radius 3 is 3.00 bits per heavy atom. The summed E-state index contributed by atoms with van der Waals surface area (Å²) >= 11 is 0. The van der Waals surface area contributed by atoms with E-state index in [1.807, 2.05) is 0 Å². The Morgan fingerprint density at radius 1 is 1.60 bits per heavy atom. The fourth-order valence-electron chi connectivity index (χ4n) is 1.61. The highest BCUT2D eigenvalue weighted by molar-refractivity contribution is 5.85. The van der Waals surface area contributed by atoms with Crippen molar-refractivity contribution in [3.8, 4) is 0 Å². The lowest BCUT2D eigenvalue weighted by Gasteiger charge is -2.00. The molecule has 6 heteroatoms. The van der Waals surface area contributed by atoms with Gasteiger partial charge in [0.1, 0.15) is 6.17 Å². The van der Waals surface area contributed by atoms with Crippen LogP contribution in [0.5, 0.6) is 0 Å². The van der Waals surface area contributed by atoms with E-state index in [1.165, 1.54) is 0 Å². The van der Waals surface area contributed by atoms with E-state index in [0.717, 1.165) is 12.8 Å². The van der Waals surface area contributed by atoms with Crippen molar-refractivity contribution in [2.24, 2.45) is 0 Å². The normalized spacial score (nSPS) is 25.2. The second kappa shape index (κ2) is 5.42. The maximum atomic E-state index is 12.9. The third-order valence-corrected chi connectivity index (χ3v) is 2.33. The van der Waals surface area contributed by atoms with Crippen molar-refractivity contribution < 1.29 is 8.91 Å². The number of alkyl halides is 1. The fraction of sp³-hybridized carbons (Fsp3) is 0.778. The number of aryl methyl sites for hydroxylation is 1. The summed E-state index contributed by atoms with van der Waals surface area (Å²) in [5.41, 5.74) is 0. The van der Waals surface area contributed by atoms with Crippen LogP contribution in [0, 0.1) is 0 Å². The van der Waals surface area contributed by atoms with Crippen LogP contribution in [0.4, 0.5) is 4.39 Å². The molecule has 0 aromatic carbocycles. The highest BCUT2D eigenvalue weighted by Gasteiger charge is 2.28. The van der Waals surface area contributed by atoms with Crippen molar-refractivity contribution >= 4 is 12.4 Å². The topological polar surface area (TPSA) is 51.0 Å². The number of rotatable bonds is 3. The van der Waals surface area contributed by atoms with Crippen LogP contribution < -0.4 is 5.32 Å². The Kier molecular flexibility index (Phi) is 4.47. The van der Waals surface area contributed by atoms with Gasteiger partial charge in [0.2, 0.25) is 5.89 Å². The molecule has 0 amide bonds. The molecule has 4 nitrogen and oxygen atoms in total. The lowest BCUT2D eigenvalue weighted by molar-refractivity contribution is 0.322. The number of aromatic nitrogens is 2. The Bertz CT molecular complexity index is 307. The minimum absolute atomic E-state index is 0. The van der Waals surface area contributed by atoms with Crippen molar-refractivity contribution in [3.05, 3.63) is 11.7 Å². The predicted molar refractivity (Wildman–Crippen MR) is 55.8 cm³/mol. The minimum atomic E-state index is -0.790. The molecule has 1 aliphatic rings. The molecule has 0 radical (unpaired) electrons. The summed E-state index contributed by atoms with van der Waals surface area (Å²) in [5, 5.41) is 6.83. The Hall–Kier alpha value is -0.680. The molecule has 86 valence electrons. The zero-order valence-corrected chi connectivity index (χ0v) is 9.39. The quantitative estimate of drug-likeness (QED) is 0.868. The van der Waals surface area contributed by atoms with Gasteiger partial charge < -0.3 is 9.84 Å². The molecule has 1 N–H and O–H groups in total. The first kappa shape index (κ1) is 12.4. The van der Waals surface area contributed by atoms with E-state index in [1.54, 1.807) is 0 Å². The van der Waals surface area contributed by atoms with Gasteiger partial charge in [-0.25, -0.2) is 4.39 Å². The molecule has 15 heavy (non-hydrogen) atoms. The number of hydrogen-bond acceptors (Lipinski definition) is 4. The van der Waals surface area contributed by atoms with Gasteiger partial charge in [0.05, 0.1) is 6.04 Å². The summed E-state index contributed by atoms with van der Waals surface area (Å²) in [4.78, 5) is 4.21. The minimum Gasteiger partial charge on any atom is -0.338 e. The van der Waals surface area contributed by atoms with Gasteiger partial charge in [0.15, 0.2) is 5.82 Å². The van der Waals surface area contributed by atoms with Crippen LogP contribution in [0.15, 0.2) is 4.52 Å². The van der Waals surface area contributed by atoms with Gasteiger partial charge in [-0.05, 0) is 6.42 Å². The number of nitrogens with zero attached hydrogens (tertiary/aromatic N) is 2. The van der Waals surface area contributed by atoms with Crippen molar-refractivity contribution in [2.45, 2.75) is 38.4 Å². The average molecular weight is 236 g/mol. The van der Waals surface area contributed by atoms with Crippen molar-refractivity contribution in [1.29, 1.82) is 0 Å². The molecule has 0 spiro atoms. The molecule has 1 aromatic rings. The second-order valence-electron chi connectivity index (χ2n) is 3.59. The average Bonchev–Trinajstić information content (AvgIpc) is 2.74. The molecular weight excluding hydrogens is 221 g/mol. The summed E-state index contributed by atoms with van der Waals surface area (Å²) in [6.07, 6.45) is 1.45. The molecule has 1 aliphatic heterocycles. The first-order valence-electron chi connectivity index (χ1n) is 4.99. The molecule has 2 heterocycles. The molecule has 0 bridgehead atoms. The molecule has 2 rings (SSSR count). The van der Waals surface area contributed by atoms with Crippen LogP contribution in [-0.4, -0.2) is 22.9 Å². The van der Waals surface area contributed by atoms with Crippen LogP contribution in [0.25, 0.3) is 0 Å². The molecule has 0 saturated carbocycles. The molecular formula is C9H15ClFN3O. The van der Waals surface area contributed by atoms with Gasteiger partial charge in [-0.15, -0.1) is 12.4 Å². The lowest BCUT2D eigenvalue weighted by Crippen LogP contribution is -2.14. The fourth-order valence-corrected chi connectivity index (χ4v) is 1.61. The molecule has 0 unspecified atom stereocenters. The van der Waals surface area contributed by atoms with Gasteiger partial charge in [0, 0.05) is 19.4 Å². The van der Waals surface area contributed by atoms with Gasteiger partial charge in [0.25, 0.3) is 0 Å². The highest BCUT2D eigenvalue weighted by Crippen LogP contribution is 2.23. The standard InChI is InChI=1S/C9H14FN3O.ClH/c1-2-3-8-12-9(14-13-8)7-4-6(10)5-11-7;/h6-7,11H,2-5H2,1H3;1H/t6-,7+;/m0./s1. The first-order chi connectivity index (χ1) is 6.79. The smallest absolute Gasteiger partial charge is 0.243 e. The summed E-state index contributed by atoms with van der Waals surface area (Å²) in [6.45, 7) is 2.44. The summed E-state index contributed by atoms with van der Waals surface area (Å²) in [5.74, 6) is 1.24. The Balaban J connectivity index is 0.00000112. The predicted octanol–water partition coefficient (Wildman–Crippen LogP) is 1.82. The van der Waals surface area contributed by atoms with Gasteiger partial charge >= 0.3 is 0 Å². The van der Waals surface area contributed by atoms with Crippen molar-refractivity contribution in [1.82, 2.24) is 15.5 Å². The highest BCUT2D eigenvalue weighted by atomic mass is 35.5. The largest absolute Gasteiger partial charge is 0.338 e. The molecule has 0 aliphatic carbocycles. The third kappa shape index (κ3) is 2.89. The zero-order valence-electron chi connectivity index (χ0n) is 8.57. The maximum Gasteiger partial charge on any atom is 0.243 e. The summed E-state index contributed by atoms with van der Waals surface area (Å²) < 4.78 is 17.9. The molecule has 1 aromatic heterocycles. The van der Waals surface area contributed by atoms with E-state index >= 15 is 0 Å². The van der Waals surface area contributed by atoms with Gasteiger partial charge in [-0.2, -0.15) is 4.98 Å². The van der Waals surface area contributed by atoms with Crippen molar-refractivity contribution in [2.75, 3.05) is 6.54 Å². The molecule has 2 atom stereocenters. The van der Waals surface area contributed by atoms with Crippen LogP contribution >= 0.6 is 12.4 Å². The van der Waals surface area contributed by atoms with E-state index in [-0.39, 0.29) is 18.4 Å². The Morgan fingerprint density at radius 2 is 2.40 bits per heavy atom. The van der Waals surface area contributed by atoms with Gasteiger partial charge in [-0.1, -0.05) is 12.1 Å². The first-order valence-corrected chi connectivity index (χ1v) is 4.99. The van der Waals surface area contributed by atoms with E-state index in [9.17, 15) is 4.39 Å². The van der Waals surface area contributed by atoms with E-state index in [2.05, 4.69) is 22.4 Å². The lowest BCUT2D eigenvalue weighted by atomic mass is 10.2.